The summed E-state index contributed by atoms with van der Waals surface area (Å²) >= 11 is 0. The van der Waals surface area contributed by atoms with Gasteiger partial charge < -0.3 is 4.42 Å². The Kier molecular flexibility index (Phi) is 5.15. The molecule has 0 amide bonds. The summed E-state index contributed by atoms with van der Waals surface area (Å²) in [6.45, 7) is 2.66. The Morgan fingerprint density at radius 1 is 1.00 bits per heavy atom. The number of rotatable bonds is 5. The van der Waals surface area contributed by atoms with Crippen molar-refractivity contribution in [3.05, 3.63) is 77.0 Å². The maximum absolute atomic E-state index is 13.1. The standard InChI is InChI=1S/C23H23N5O3S/c1-16-8-10-18(11-9-16)22-24-25-23(31-22)21-19-14-28(13-12-20(19)27(2)26-21)32(29,30)15-17-6-4-3-5-7-17/h3-11H,12-15H2,1-2H3. The maximum atomic E-state index is 13.1. The summed E-state index contributed by atoms with van der Waals surface area (Å²) < 4.78 is 35.4. The molecule has 0 bridgehead atoms. The van der Waals surface area contributed by atoms with Crippen LogP contribution in [0.25, 0.3) is 23.0 Å². The van der Waals surface area contributed by atoms with Gasteiger partial charge in [0.05, 0.1) is 5.75 Å². The molecule has 32 heavy (non-hydrogen) atoms. The molecule has 164 valence electrons. The van der Waals surface area contributed by atoms with Gasteiger partial charge in [0.25, 0.3) is 5.89 Å². The number of sulfonamides is 1. The van der Waals surface area contributed by atoms with Crippen molar-refractivity contribution < 1.29 is 12.8 Å². The van der Waals surface area contributed by atoms with Crippen LogP contribution < -0.4 is 0 Å². The molecule has 0 atom stereocenters. The van der Waals surface area contributed by atoms with E-state index in [4.69, 9.17) is 4.42 Å². The molecule has 1 aliphatic heterocycles. The minimum Gasteiger partial charge on any atom is -0.415 e. The van der Waals surface area contributed by atoms with E-state index in [0.29, 0.717) is 30.4 Å². The van der Waals surface area contributed by atoms with Crippen molar-refractivity contribution >= 4 is 10.0 Å². The lowest BCUT2D eigenvalue weighted by Crippen LogP contribution is -2.37. The Hall–Kier alpha value is -3.30. The number of nitrogens with zero attached hydrogens (tertiary/aromatic N) is 5. The van der Waals surface area contributed by atoms with Crippen LogP contribution >= 0.6 is 0 Å². The Bertz CT molecular complexity index is 1360. The van der Waals surface area contributed by atoms with Crippen molar-refractivity contribution in [3.63, 3.8) is 0 Å². The summed E-state index contributed by atoms with van der Waals surface area (Å²) in [5.74, 6) is 0.667. The Morgan fingerprint density at radius 2 is 1.72 bits per heavy atom. The second-order valence-corrected chi connectivity index (χ2v) is 9.97. The van der Waals surface area contributed by atoms with Crippen LogP contribution in [0.4, 0.5) is 0 Å². The first kappa shape index (κ1) is 20.6. The monoisotopic (exact) mass is 449 g/mol. The molecule has 0 N–H and O–H groups in total. The third-order valence-corrected chi connectivity index (χ3v) is 7.52. The lowest BCUT2D eigenvalue weighted by Gasteiger charge is -2.26. The molecule has 2 aromatic carbocycles. The number of aryl methyl sites for hydroxylation is 2. The van der Waals surface area contributed by atoms with E-state index >= 15 is 0 Å². The summed E-state index contributed by atoms with van der Waals surface area (Å²) in [7, 11) is -1.63. The molecule has 4 aromatic rings. The van der Waals surface area contributed by atoms with Gasteiger partial charge in [-0.05, 0) is 24.6 Å². The molecular formula is C23H23N5O3S. The molecule has 5 rings (SSSR count). The zero-order chi connectivity index (χ0) is 22.3. The Morgan fingerprint density at radius 3 is 2.47 bits per heavy atom. The molecule has 0 saturated heterocycles. The molecule has 0 fully saturated rings. The van der Waals surface area contributed by atoms with Gasteiger partial charge in [0, 0.05) is 43.4 Å². The minimum atomic E-state index is -3.48. The predicted molar refractivity (Wildman–Crippen MR) is 120 cm³/mol. The average Bonchev–Trinajstić information content (AvgIpc) is 3.39. The molecule has 8 nitrogen and oxygen atoms in total. The fourth-order valence-electron chi connectivity index (χ4n) is 3.98. The van der Waals surface area contributed by atoms with E-state index in [1.165, 1.54) is 4.31 Å². The molecule has 0 unspecified atom stereocenters. The van der Waals surface area contributed by atoms with Crippen molar-refractivity contribution in [3.8, 4) is 23.0 Å². The Labute approximate surface area is 186 Å². The van der Waals surface area contributed by atoms with Crippen molar-refractivity contribution in [2.45, 2.75) is 25.6 Å². The molecule has 0 radical (unpaired) electrons. The number of aromatic nitrogens is 4. The fourth-order valence-corrected chi connectivity index (χ4v) is 5.48. The van der Waals surface area contributed by atoms with Crippen LogP contribution in [0.15, 0.2) is 59.0 Å². The SMILES string of the molecule is Cc1ccc(-c2nnc(-c3nn(C)c4c3CN(S(=O)(=O)Cc3ccccc3)CC4)o2)cc1. The fraction of sp³-hybridized carbons (Fsp3) is 0.261. The van der Waals surface area contributed by atoms with Crippen LogP contribution in [-0.4, -0.2) is 39.2 Å². The summed E-state index contributed by atoms with van der Waals surface area (Å²) in [6, 6.07) is 17.0. The van der Waals surface area contributed by atoms with E-state index in [-0.39, 0.29) is 12.3 Å². The summed E-state index contributed by atoms with van der Waals surface area (Å²) in [6.07, 6.45) is 0.575. The lowest BCUT2D eigenvalue weighted by atomic mass is 10.1. The first-order valence-electron chi connectivity index (χ1n) is 10.4. The summed E-state index contributed by atoms with van der Waals surface area (Å²) in [5.41, 5.74) is 5.07. The highest BCUT2D eigenvalue weighted by Crippen LogP contribution is 2.32. The zero-order valence-electron chi connectivity index (χ0n) is 17.9. The van der Waals surface area contributed by atoms with Crippen LogP contribution in [0.2, 0.25) is 0 Å². The van der Waals surface area contributed by atoms with Crippen LogP contribution in [0.3, 0.4) is 0 Å². The highest BCUT2D eigenvalue weighted by Gasteiger charge is 2.32. The van der Waals surface area contributed by atoms with E-state index in [9.17, 15) is 8.42 Å². The van der Waals surface area contributed by atoms with Gasteiger partial charge in [0.1, 0.15) is 0 Å². The summed E-state index contributed by atoms with van der Waals surface area (Å²) in [4.78, 5) is 0. The molecule has 2 aromatic heterocycles. The van der Waals surface area contributed by atoms with Gasteiger partial charge in [0.2, 0.25) is 15.9 Å². The van der Waals surface area contributed by atoms with Gasteiger partial charge in [-0.15, -0.1) is 10.2 Å². The van der Waals surface area contributed by atoms with Crippen molar-refractivity contribution in [2.75, 3.05) is 6.54 Å². The third kappa shape index (κ3) is 3.85. The molecule has 0 spiro atoms. The van der Waals surface area contributed by atoms with Crippen LogP contribution in [0, 0.1) is 6.92 Å². The van der Waals surface area contributed by atoms with Crippen molar-refractivity contribution in [2.24, 2.45) is 7.05 Å². The number of hydrogen-bond donors (Lipinski definition) is 0. The van der Waals surface area contributed by atoms with E-state index in [1.807, 2.05) is 68.6 Å². The smallest absolute Gasteiger partial charge is 0.268 e. The molecular weight excluding hydrogens is 426 g/mol. The molecule has 0 saturated carbocycles. The minimum absolute atomic E-state index is 0.0309. The summed E-state index contributed by atoms with van der Waals surface area (Å²) in [5, 5.41) is 13.0. The predicted octanol–water partition coefficient (Wildman–Crippen LogP) is 3.33. The van der Waals surface area contributed by atoms with Gasteiger partial charge >= 0.3 is 0 Å². The lowest BCUT2D eigenvalue weighted by molar-refractivity contribution is 0.385. The van der Waals surface area contributed by atoms with Gasteiger partial charge in [0.15, 0.2) is 5.69 Å². The van der Waals surface area contributed by atoms with Gasteiger partial charge in [-0.1, -0.05) is 48.0 Å². The van der Waals surface area contributed by atoms with Crippen molar-refractivity contribution in [1.29, 1.82) is 0 Å². The van der Waals surface area contributed by atoms with E-state index in [2.05, 4.69) is 15.3 Å². The molecule has 3 heterocycles. The number of hydrogen-bond acceptors (Lipinski definition) is 6. The van der Waals surface area contributed by atoms with Gasteiger partial charge in [-0.3, -0.25) is 4.68 Å². The highest BCUT2D eigenvalue weighted by atomic mass is 32.2. The highest BCUT2D eigenvalue weighted by molar-refractivity contribution is 7.88. The quantitative estimate of drug-likeness (QED) is 0.464. The molecule has 1 aliphatic rings. The van der Waals surface area contributed by atoms with Crippen LogP contribution in [0.5, 0.6) is 0 Å². The first-order valence-corrected chi connectivity index (χ1v) is 12.0. The average molecular weight is 450 g/mol. The van der Waals surface area contributed by atoms with E-state index in [1.54, 1.807) is 4.68 Å². The number of fused-ring (bicyclic) bond motifs is 1. The normalized spacial score (nSPS) is 14.4. The Balaban J connectivity index is 1.44. The zero-order valence-corrected chi connectivity index (χ0v) is 18.7. The van der Waals surface area contributed by atoms with E-state index in [0.717, 1.165) is 27.9 Å². The number of benzene rings is 2. The first-order chi connectivity index (χ1) is 15.4. The van der Waals surface area contributed by atoms with Crippen LogP contribution in [-0.2, 0) is 35.8 Å². The molecule has 0 aliphatic carbocycles. The molecule has 9 heteroatoms. The topological polar surface area (TPSA) is 94.1 Å². The van der Waals surface area contributed by atoms with Gasteiger partial charge in [-0.2, -0.15) is 9.40 Å². The van der Waals surface area contributed by atoms with Crippen molar-refractivity contribution in [1.82, 2.24) is 24.3 Å². The largest absolute Gasteiger partial charge is 0.415 e. The third-order valence-electron chi connectivity index (χ3n) is 5.72. The van der Waals surface area contributed by atoms with Gasteiger partial charge in [-0.25, -0.2) is 8.42 Å². The van der Waals surface area contributed by atoms with Crippen LogP contribution in [0.1, 0.15) is 22.4 Å². The second kappa shape index (κ2) is 7.99. The second-order valence-electron chi connectivity index (χ2n) is 8.00. The maximum Gasteiger partial charge on any atom is 0.268 e. The van der Waals surface area contributed by atoms with E-state index < -0.39 is 10.0 Å².